The van der Waals surface area contributed by atoms with Crippen LogP contribution in [0.1, 0.15) is 42.7 Å². The first-order chi connectivity index (χ1) is 25.0. The molecule has 274 valence electrons. The number of rotatable bonds is 9. The second-order valence-electron chi connectivity index (χ2n) is 15.4. The molecule has 5 aliphatic rings. The monoisotopic (exact) mass is 716 g/mol. The molecule has 9 rings (SSSR count). The molecule has 4 saturated heterocycles. The molecule has 0 bridgehead atoms. The van der Waals surface area contributed by atoms with Gasteiger partial charge in [-0.2, -0.15) is 23.3 Å². The number of aryl methyl sites for hydroxylation is 1. The number of aromatic nitrogens is 4. The number of alkyl halides is 3. The lowest BCUT2D eigenvalue weighted by Crippen LogP contribution is -2.67. The number of benzene rings is 2. The third kappa shape index (κ3) is 5.74. The van der Waals surface area contributed by atoms with E-state index in [1.165, 1.54) is 6.08 Å². The first-order valence-electron chi connectivity index (χ1n) is 18.2. The van der Waals surface area contributed by atoms with E-state index >= 15 is 0 Å². The molecule has 1 spiro atoms. The number of likely N-dealkylation sites (tertiary alicyclic amines) is 2. The van der Waals surface area contributed by atoms with Crippen LogP contribution in [-0.2, 0) is 9.53 Å². The Kier molecular flexibility index (Phi) is 7.92. The van der Waals surface area contributed by atoms with E-state index in [0.29, 0.717) is 54.6 Å². The van der Waals surface area contributed by atoms with Crippen molar-refractivity contribution in [3.05, 3.63) is 48.2 Å². The molecule has 1 saturated carbocycles. The molecule has 1 amide bonds. The van der Waals surface area contributed by atoms with Gasteiger partial charge in [0.2, 0.25) is 11.9 Å². The van der Waals surface area contributed by atoms with Gasteiger partial charge in [0, 0.05) is 87.3 Å². The number of fused-ring (bicyclic) bond motifs is 2. The predicted octanol–water partition coefficient (Wildman–Crippen LogP) is 5.43. The summed E-state index contributed by atoms with van der Waals surface area (Å²) in [6.45, 7) is 10.2. The number of aromatic amines is 1. The number of ether oxygens (including phenoxy) is 2. The van der Waals surface area contributed by atoms with Gasteiger partial charge in [0.25, 0.3) is 0 Å². The summed E-state index contributed by atoms with van der Waals surface area (Å²) in [6, 6.07) is 6.37. The Balaban J connectivity index is 1.17. The molecule has 2 aromatic heterocycles. The van der Waals surface area contributed by atoms with E-state index in [1.54, 1.807) is 13.3 Å². The molecular weight excluding hydrogens is 673 g/mol. The Morgan fingerprint density at radius 3 is 2.48 bits per heavy atom. The van der Waals surface area contributed by atoms with Crippen LogP contribution < -0.4 is 14.5 Å². The number of hydrogen-bond donors (Lipinski definition) is 1. The number of anilines is 2. The molecule has 6 heterocycles. The van der Waals surface area contributed by atoms with Crippen molar-refractivity contribution < 1.29 is 27.4 Å². The highest BCUT2D eigenvalue weighted by Gasteiger charge is 2.47. The van der Waals surface area contributed by atoms with Gasteiger partial charge < -0.3 is 24.2 Å². The van der Waals surface area contributed by atoms with E-state index in [0.717, 1.165) is 85.3 Å². The van der Waals surface area contributed by atoms with Gasteiger partial charge in [-0.3, -0.25) is 14.8 Å². The molecule has 0 atom stereocenters. The van der Waals surface area contributed by atoms with Crippen LogP contribution in [-0.4, -0.2) is 120 Å². The second kappa shape index (κ2) is 12.3. The number of hydrogen-bond acceptors (Lipinski definition) is 9. The van der Waals surface area contributed by atoms with Crippen molar-refractivity contribution >= 4 is 39.5 Å². The van der Waals surface area contributed by atoms with Crippen LogP contribution in [0.5, 0.6) is 5.75 Å². The van der Waals surface area contributed by atoms with Crippen molar-refractivity contribution in [3.8, 4) is 16.9 Å². The molecule has 0 unspecified atom stereocenters. The van der Waals surface area contributed by atoms with Gasteiger partial charge in [0.1, 0.15) is 11.3 Å². The van der Waals surface area contributed by atoms with Gasteiger partial charge in [-0.25, -0.2) is 4.98 Å². The summed E-state index contributed by atoms with van der Waals surface area (Å²) in [5, 5.41) is 8.86. The molecular formula is C38H43F3N8O3. The molecule has 2 aromatic carbocycles. The van der Waals surface area contributed by atoms with Gasteiger partial charge >= 0.3 is 6.18 Å². The van der Waals surface area contributed by atoms with Gasteiger partial charge in [-0.1, -0.05) is 12.6 Å². The fourth-order valence-corrected chi connectivity index (χ4v) is 8.66. The number of carbonyl (C=O) groups is 1. The number of halogens is 3. The van der Waals surface area contributed by atoms with Crippen molar-refractivity contribution in [2.75, 3.05) is 75.9 Å². The number of carbonyl (C=O) groups excluding carboxylic acids is 1. The molecule has 1 N–H and O–H groups in total. The Hall–Kier alpha value is -4.43. The number of H-pyrrole nitrogens is 1. The zero-order valence-electron chi connectivity index (χ0n) is 29.5. The van der Waals surface area contributed by atoms with Crippen LogP contribution in [0.25, 0.3) is 32.9 Å². The maximum Gasteiger partial charge on any atom is 0.422 e. The quantitative estimate of drug-likeness (QED) is 0.227. The summed E-state index contributed by atoms with van der Waals surface area (Å²) < 4.78 is 53.6. The lowest BCUT2D eigenvalue weighted by molar-refractivity contribution is -0.153. The number of nitrogens with one attached hydrogen (secondary N) is 1. The topological polar surface area (TPSA) is 103 Å². The molecule has 14 heteroatoms. The van der Waals surface area contributed by atoms with E-state index in [1.807, 2.05) is 24.0 Å². The summed E-state index contributed by atoms with van der Waals surface area (Å²) in [4.78, 5) is 31.2. The van der Waals surface area contributed by atoms with E-state index in [9.17, 15) is 18.0 Å². The first kappa shape index (κ1) is 33.4. The van der Waals surface area contributed by atoms with Crippen LogP contribution in [0.3, 0.4) is 0 Å². The highest BCUT2D eigenvalue weighted by molar-refractivity contribution is 6.06. The molecule has 4 aliphatic heterocycles. The van der Waals surface area contributed by atoms with E-state index < -0.39 is 12.8 Å². The zero-order valence-corrected chi connectivity index (χ0v) is 29.5. The fourth-order valence-electron chi connectivity index (χ4n) is 8.66. The first-order valence-corrected chi connectivity index (χ1v) is 18.2. The third-order valence-electron chi connectivity index (χ3n) is 12.0. The maximum absolute atomic E-state index is 14.1. The van der Waals surface area contributed by atoms with Gasteiger partial charge in [0.15, 0.2) is 12.4 Å². The van der Waals surface area contributed by atoms with Crippen molar-refractivity contribution in [3.63, 3.8) is 0 Å². The third-order valence-corrected chi connectivity index (χ3v) is 12.0. The molecule has 5 fully saturated rings. The number of nitrogens with zero attached hydrogens (tertiary/aromatic N) is 7. The average molecular weight is 717 g/mol. The van der Waals surface area contributed by atoms with Crippen LogP contribution in [0.2, 0.25) is 0 Å². The minimum absolute atomic E-state index is 0.0422. The largest absolute Gasteiger partial charge is 0.481 e. The van der Waals surface area contributed by atoms with Gasteiger partial charge in [-0.15, -0.1) is 0 Å². The fraction of sp³-hybridized carbons (Fsp3) is 0.526. The normalized spacial score (nSPS) is 21.1. The second-order valence-corrected chi connectivity index (χ2v) is 15.4. The Morgan fingerprint density at radius 2 is 1.81 bits per heavy atom. The van der Waals surface area contributed by atoms with E-state index in [-0.39, 0.29) is 29.1 Å². The Bertz CT molecular complexity index is 2050. The summed E-state index contributed by atoms with van der Waals surface area (Å²) in [6.07, 6.45) is 2.43. The molecule has 1 aliphatic carbocycles. The number of piperidine rings is 1. The highest BCUT2D eigenvalue weighted by Crippen LogP contribution is 2.53. The highest BCUT2D eigenvalue weighted by atomic mass is 19.4. The summed E-state index contributed by atoms with van der Waals surface area (Å²) in [5.41, 5.74) is 4.59. The Labute approximate surface area is 299 Å². The van der Waals surface area contributed by atoms with Crippen LogP contribution in [0.15, 0.2) is 37.1 Å². The van der Waals surface area contributed by atoms with Crippen LogP contribution >= 0.6 is 0 Å². The zero-order chi connectivity index (χ0) is 35.9. The Morgan fingerprint density at radius 1 is 1.06 bits per heavy atom. The summed E-state index contributed by atoms with van der Waals surface area (Å²) in [7, 11) is 1.74. The standard InChI is InChI=1S/C38H43F3N8O3/c1-4-30(50)49-19-37(20-49)9-11-46(12-10-37)35-27-13-26(23-6-7-23)32(31-22(2)5-8-29-28(31)14-42-45-29)34(52-21-38(39,40)41)33(27)43-36(44-35)48-15-24(16-48)47-17-25(18-47)51-3/h4-5,8,13-14,23-25H,1,6-7,9-12,15-21H2,2-3H3,(H,42,45). The van der Waals surface area contributed by atoms with Crippen molar-refractivity contribution in [2.45, 2.75) is 56.8 Å². The average Bonchev–Trinajstić information content (AvgIpc) is 3.81. The summed E-state index contributed by atoms with van der Waals surface area (Å²) >= 11 is 0. The number of methoxy groups -OCH3 is 1. The molecule has 0 radical (unpaired) electrons. The minimum atomic E-state index is -4.55. The predicted molar refractivity (Wildman–Crippen MR) is 192 cm³/mol. The van der Waals surface area contributed by atoms with Crippen LogP contribution in [0, 0.1) is 12.3 Å². The SMILES string of the molecule is C=CC(=O)N1CC2(CCN(c3nc(N4CC(N5CC(OC)C5)C4)nc4c(OCC(F)(F)F)c(-c5c(C)ccc6[nH]ncc56)c(C5CC5)cc34)CC2)C1. The smallest absolute Gasteiger partial charge is 0.422 e. The minimum Gasteiger partial charge on any atom is -0.481 e. The van der Waals surface area contributed by atoms with Crippen LogP contribution in [0.4, 0.5) is 24.9 Å². The van der Waals surface area contributed by atoms with E-state index in [4.69, 9.17) is 19.4 Å². The molecule has 11 nitrogen and oxygen atoms in total. The van der Waals surface area contributed by atoms with E-state index in [2.05, 4.69) is 37.5 Å². The maximum atomic E-state index is 14.1. The van der Waals surface area contributed by atoms with Crippen molar-refractivity contribution in [2.24, 2.45) is 5.41 Å². The van der Waals surface area contributed by atoms with Crippen molar-refractivity contribution in [1.82, 2.24) is 30.0 Å². The number of amides is 1. The lowest BCUT2D eigenvalue weighted by Gasteiger charge is -2.54. The molecule has 4 aromatic rings. The lowest BCUT2D eigenvalue weighted by atomic mass is 9.72. The van der Waals surface area contributed by atoms with Crippen molar-refractivity contribution in [1.29, 1.82) is 0 Å². The van der Waals surface area contributed by atoms with Gasteiger partial charge in [-0.05, 0) is 73.4 Å². The molecule has 52 heavy (non-hydrogen) atoms. The summed E-state index contributed by atoms with van der Waals surface area (Å²) in [5.74, 6) is 1.50. The van der Waals surface area contributed by atoms with Gasteiger partial charge in [0.05, 0.1) is 17.8 Å².